The molecule has 1 aromatic heterocycles. The first kappa shape index (κ1) is 21.9. The zero-order valence-electron chi connectivity index (χ0n) is 15.6. The van der Waals surface area contributed by atoms with Crippen molar-refractivity contribution in [2.75, 3.05) is 13.6 Å². The Morgan fingerprint density at radius 2 is 1.96 bits per heavy atom. The molecule has 0 fully saturated rings. The third kappa shape index (κ3) is 4.53. The molecule has 0 saturated carbocycles. The summed E-state index contributed by atoms with van der Waals surface area (Å²) in [6.07, 6.45) is 0.722. The number of hydrogen-bond acceptors (Lipinski definition) is 4. The van der Waals surface area contributed by atoms with Gasteiger partial charge in [0.2, 0.25) is 0 Å². The van der Waals surface area contributed by atoms with Crippen molar-refractivity contribution in [3.8, 4) is 0 Å². The second-order valence-corrected chi connectivity index (χ2v) is 6.66. The van der Waals surface area contributed by atoms with Crippen molar-refractivity contribution < 1.29 is 4.79 Å². The highest BCUT2D eigenvalue weighted by atomic mass is 35.5. The number of H-pyrrole nitrogens is 1. The van der Waals surface area contributed by atoms with Crippen molar-refractivity contribution in [1.82, 2.24) is 14.5 Å². The Hall–Kier alpha value is -2.12. The fourth-order valence-corrected chi connectivity index (χ4v) is 2.72. The van der Waals surface area contributed by atoms with Crippen LogP contribution in [0.15, 0.2) is 27.8 Å². The number of rotatable bonds is 6. The molecule has 8 heteroatoms. The number of aromatic amines is 1. The molecular weight excluding hydrogens is 356 g/mol. The van der Waals surface area contributed by atoms with Crippen LogP contribution in [0.5, 0.6) is 0 Å². The maximum atomic E-state index is 12.6. The van der Waals surface area contributed by atoms with Crippen LogP contribution in [0.25, 0.3) is 11.0 Å². The molecule has 1 heterocycles. The van der Waals surface area contributed by atoms with E-state index in [1.165, 1.54) is 4.57 Å². The Labute approximate surface area is 158 Å². The number of fused-ring (bicyclic) bond motifs is 1. The Balaban J connectivity index is 0.00000338. The molecule has 1 amide bonds. The molecule has 1 atom stereocenters. The van der Waals surface area contributed by atoms with Crippen LogP contribution < -0.4 is 16.9 Å². The van der Waals surface area contributed by atoms with E-state index in [1.54, 1.807) is 37.1 Å². The predicted molar refractivity (Wildman–Crippen MR) is 106 cm³/mol. The molecule has 0 aliphatic carbocycles. The van der Waals surface area contributed by atoms with Crippen LogP contribution >= 0.6 is 12.4 Å². The van der Waals surface area contributed by atoms with Crippen LogP contribution in [-0.4, -0.2) is 40.0 Å². The van der Waals surface area contributed by atoms with Crippen LogP contribution in [0.4, 0.5) is 0 Å². The largest absolute Gasteiger partial charge is 0.342 e. The number of nitrogens with zero attached hydrogens (tertiary/aromatic N) is 2. The lowest BCUT2D eigenvalue weighted by Crippen LogP contribution is -2.36. The number of benzene rings is 1. The molecule has 3 N–H and O–H groups in total. The van der Waals surface area contributed by atoms with Gasteiger partial charge in [-0.3, -0.25) is 14.4 Å². The number of carbonyl (C=O) groups excluding carboxylic acids is 1. The van der Waals surface area contributed by atoms with Crippen molar-refractivity contribution in [2.24, 2.45) is 11.7 Å². The van der Waals surface area contributed by atoms with E-state index < -0.39 is 11.1 Å². The number of aromatic nitrogens is 2. The van der Waals surface area contributed by atoms with Crippen molar-refractivity contribution >= 4 is 29.3 Å². The lowest BCUT2D eigenvalue weighted by atomic mass is 10.0. The summed E-state index contributed by atoms with van der Waals surface area (Å²) in [4.78, 5) is 40.4. The molecule has 0 saturated heterocycles. The average Bonchev–Trinajstić information content (AvgIpc) is 2.59. The van der Waals surface area contributed by atoms with Crippen LogP contribution in [0.3, 0.4) is 0 Å². The van der Waals surface area contributed by atoms with Crippen LogP contribution in [0, 0.1) is 5.92 Å². The number of hydrogen-bond donors (Lipinski definition) is 2. The first-order chi connectivity index (χ1) is 11.8. The van der Waals surface area contributed by atoms with Gasteiger partial charge in [0.1, 0.15) is 0 Å². The maximum Gasteiger partial charge on any atom is 0.316 e. The van der Waals surface area contributed by atoms with Gasteiger partial charge in [-0.15, -0.1) is 12.4 Å². The van der Waals surface area contributed by atoms with Gasteiger partial charge in [0, 0.05) is 31.7 Å². The van der Waals surface area contributed by atoms with Crippen LogP contribution in [0.2, 0.25) is 0 Å². The Morgan fingerprint density at radius 1 is 1.31 bits per heavy atom. The first-order valence-electron chi connectivity index (χ1n) is 8.54. The summed E-state index contributed by atoms with van der Waals surface area (Å²) in [5, 5.41) is 0. The summed E-state index contributed by atoms with van der Waals surface area (Å²) < 4.78 is 1.40. The molecule has 0 bridgehead atoms. The average molecular weight is 383 g/mol. The van der Waals surface area contributed by atoms with Crippen molar-refractivity contribution in [3.63, 3.8) is 0 Å². The van der Waals surface area contributed by atoms with E-state index in [0.717, 1.165) is 6.42 Å². The lowest BCUT2D eigenvalue weighted by molar-refractivity contribution is 0.0789. The van der Waals surface area contributed by atoms with E-state index >= 15 is 0 Å². The zero-order valence-corrected chi connectivity index (χ0v) is 16.4. The molecule has 2 aromatic rings. The minimum absolute atomic E-state index is 0. The second-order valence-electron chi connectivity index (χ2n) is 6.66. The monoisotopic (exact) mass is 382 g/mol. The summed E-state index contributed by atoms with van der Waals surface area (Å²) in [7, 11) is 1.73. The molecule has 7 nitrogen and oxygen atoms in total. The molecule has 1 unspecified atom stereocenters. The Bertz CT molecular complexity index is 888. The van der Waals surface area contributed by atoms with Gasteiger partial charge in [0.25, 0.3) is 5.91 Å². The minimum Gasteiger partial charge on any atom is -0.342 e. The third-order valence-corrected chi connectivity index (χ3v) is 4.54. The zero-order chi connectivity index (χ0) is 18.7. The van der Waals surface area contributed by atoms with E-state index in [-0.39, 0.29) is 24.4 Å². The smallest absolute Gasteiger partial charge is 0.316 e. The van der Waals surface area contributed by atoms with Gasteiger partial charge in [-0.25, -0.2) is 0 Å². The van der Waals surface area contributed by atoms with E-state index in [2.05, 4.69) is 18.8 Å². The molecule has 1 aromatic carbocycles. The molecule has 0 radical (unpaired) electrons. The van der Waals surface area contributed by atoms with Gasteiger partial charge in [0.15, 0.2) is 0 Å². The van der Waals surface area contributed by atoms with Gasteiger partial charge < -0.3 is 20.2 Å². The second kappa shape index (κ2) is 9.00. The number of nitrogens with one attached hydrogen (secondary N) is 1. The Kier molecular flexibility index (Phi) is 7.59. The number of amides is 1. The van der Waals surface area contributed by atoms with Crippen LogP contribution in [0.1, 0.15) is 37.6 Å². The summed E-state index contributed by atoms with van der Waals surface area (Å²) in [5.74, 6) is 0.216. The standard InChI is InChI=1S/C18H26N4O3.ClH/c1-5-22-15-7-6-12(10-14(15)20-16(23)18(22)25)17(24)21(4)9-8-13(19)11(2)3;/h6-7,10-11,13H,5,8-9,19H2,1-4H3,(H,20,23);1H. The van der Waals surface area contributed by atoms with E-state index in [9.17, 15) is 14.4 Å². The van der Waals surface area contributed by atoms with Gasteiger partial charge in [-0.1, -0.05) is 13.8 Å². The normalized spacial score (nSPS) is 12.1. The fraction of sp³-hybridized carbons (Fsp3) is 0.500. The fourth-order valence-electron chi connectivity index (χ4n) is 2.72. The molecule has 26 heavy (non-hydrogen) atoms. The van der Waals surface area contributed by atoms with E-state index in [1.807, 2.05) is 0 Å². The first-order valence-corrected chi connectivity index (χ1v) is 8.54. The Morgan fingerprint density at radius 3 is 2.54 bits per heavy atom. The molecular formula is C18H27ClN4O3. The highest BCUT2D eigenvalue weighted by molar-refractivity contribution is 5.97. The SMILES string of the molecule is CCn1c(=O)c(=O)[nH]c2cc(C(=O)N(C)CCC(N)C(C)C)ccc21.Cl. The van der Waals surface area contributed by atoms with E-state index in [0.29, 0.717) is 35.6 Å². The molecule has 2 rings (SSSR count). The van der Waals surface area contributed by atoms with Crippen LogP contribution in [-0.2, 0) is 6.54 Å². The summed E-state index contributed by atoms with van der Waals surface area (Å²) in [6.45, 7) is 6.85. The topological polar surface area (TPSA) is 101 Å². The number of carbonyl (C=O) groups is 1. The van der Waals surface area contributed by atoms with Gasteiger partial charge in [-0.05, 0) is 37.5 Å². The van der Waals surface area contributed by atoms with Gasteiger partial charge >= 0.3 is 11.1 Å². The number of nitrogens with two attached hydrogens (primary N) is 1. The van der Waals surface area contributed by atoms with Gasteiger partial charge in [0.05, 0.1) is 11.0 Å². The highest BCUT2D eigenvalue weighted by Crippen LogP contribution is 2.14. The van der Waals surface area contributed by atoms with Crippen molar-refractivity contribution in [2.45, 2.75) is 39.8 Å². The van der Waals surface area contributed by atoms with Crippen molar-refractivity contribution in [1.29, 1.82) is 0 Å². The number of halogens is 1. The minimum atomic E-state index is -0.685. The third-order valence-electron chi connectivity index (χ3n) is 4.54. The van der Waals surface area contributed by atoms with E-state index in [4.69, 9.17) is 5.73 Å². The number of aryl methyl sites for hydroxylation is 1. The summed E-state index contributed by atoms with van der Waals surface area (Å²) >= 11 is 0. The predicted octanol–water partition coefficient (Wildman–Crippen LogP) is 1.58. The molecule has 144 valence electrons. The lowest BCUT2D eigenvalue weighted by Gasteiger charge is -2.21. The molecule has 0 aliphatic heterocycles. The highest BCUT2D eigenvalue weighted by Gasteiger charge is 2.16. The van der Waals surface area contributed by atoms with Crippen molar-refractivity contribution in [3.05, 3.63) is 44.5 Å². The maximum absolute atomic E-state index is 12.6. The summed E-state index contributed by atoms with van der Waals surface area (Å²) in [6, 6.07) is 5.02. The summed E-state index contributed by atoms with van der Waals surface area (Å²) in [5.41, 5.74) is 6.30. The van der Waals surface area contributed by atoms with Gasteiger partial charge in [-0.2, -0.15) is 0 Å². The molecule has 0 aliphatic rings. The molecule has 0 spiro atoms. The quantitative estimate of drug-likeness (QED) is 0.740.